The van der Waals surface area contributed by atoms with Gasteiger partial charge >= 0.3 is 5.97 Å². The Hall–Kier alpha value is -0.700. The van der Waals surface area contributed by atoms with Crippen molar-refractivity contribution in [1.82, 2.24) is 0 Å². The normalized spacial score (nSPS) is 29.8. The highest BCUT2D eigenvalue weighted by Crippen LogP contribution is 2.20. The number of piperidine rings is 1. The molecule has 0 spiro atoms. The molecule has 19 heavy (non-hydrogen) atoms. The quantitative estimate of drug-likeness (QED) is 0.399. The first-order valence-corrected chi connectivity index (χ1v) is 7.84. The predicted molar refractivity (Wildman–Crippen MR) is 68.0 cm³/mol. The van der Waals surface area contributed by atoms with Crippen LogP contribution in [0.4, 0.5) is 0 Å². The number of carbonyl (C=O) groups excluding carboxylic acids is 1. The third-order valence-corrected chi connectivity index (χ3v) is 4.17. The molecule has 1 atom stereocenters. The number of ether oxygens (including phenoxy) is 1. The molecule has 1 aliphatic heterocycles. The van der Waals surface area contributed by atoms with Crippen molar-refractivity contribution in [2.75, 3.05) is 32.4 Å². The fourth-order valence-corrected chi connectivity index (χ4v) is 3.10. The molecule has 1 fully saturated rings. The van der Waals surface area contributed by atoms with Crippen molar-refractivity contribution in [3.05, 3.63) is 0 Å². The lowest BCUT2D eigenvalue weighted by atomic mass is 10.0. The zero-order chi connectivity index (χ0) is 14.7. The summed E-state index contributed by atoms with van der Waals surface area (Å²) in [6, 6.07) is 0. The van der Waals surface area contributed by atoms with Crippen molar-refractivity contribution in [3.63, 3.8) is 0 Å². The van der Waals surface area contributed by atoms with E-state index in [1.807, 2.05) is 7.05 Å². The van der Waals surface area contributed by atoms with Crippen molar-refractivity contribution in [3.8, 4) is 0 Å². The van der Waals surface area contributed by atoms with Gasteiger partial charge in [0, 0.05) is 19.8 Å². The molecule has 1 aliphatic rings. The van der Waals surface area contributed by atoms with E-state index in [2.05, 4.69) is 0 Å². The van der Waals surface area contributed by atoms with Crippen LogP contribution in [0.25, 0.3) is 0 Å². The van der Waals surface area contributed by atoms with Crippen LogP contribution in [0.15, 0.2) is 0 Å². The summed E-state index contributed by atoms with van der Waals surface area (Å²) < 4.78 is 35.7. The average Bonchev–Trinajstić information content (AvgIpc) is 2.17. The highest BCUT2D eigenvalue weighted by molar-refractivity contribution is 7.85. The Labute approximate surface area is 113 Å². The second-order valence-electron chi connectivity index (χ2n) is 5.46. The topological polar surface area (TPSA) is 101 Å². The molecule has 112 valence electrons. The van der Waals surface area contributed by atoms with Crippen LogP contribution in [0.3, 0.4) is 0 Å². The molecule has 8 heteroatoms. The molecule has 1 heterocycles. The third kappa shape index (κ3) is 6.33. The van der Waals surface area contributed by atoms with Gasteiger partial charge in [0.2, 0.25) is 0 Å². The van der Waals surface area contributed by atoms with Crippen LogP contribution >= 0.6 is 0 Å². The van der Waals surface area contributed by atoms with Crippen LogP contribution in [0, 0.1) is 0 Å². The monoisotopic (exact) mass is 296 g/mol. The predicted octanol–water partition coefficient (Wildman–Crippen LogP) is -0.593. The van der Waals surface area contributed by atoms with Crippen molar-refractivity contribution < 1.29 is 32.1 Å². The van der Waals surface area contributed by atoms with Crippen LogP contribution < -0.4 is 0 Å². The SMILES string of the molecule is CC(=O)OC1CC[N+](C)(CC(O)CS(=O)(=O)O)CC1. The van der Waals surface area contributed by atoms with E-state index >= 15 is 0 Å². The molecule has 0 aromatic rings. The Bertz CT molecular complexity index is 413. The minimum absolute atomic E-state index is 0.0950. The summed E-state index contributed by atoms with van der Waals surface area (Å²) >= 11 is 0. The minimum atomic E-state index is -4.16. The van der Waals surface area contributed by atoms with Gasteiger partial charge in [-0.25, -0.2) is 0 Å². The zero-order valence-corrected chi connectivity index (χ0v) is 12.1. The maximum Gasteiger partial charge on any atom is 0.302 e. The maximum absolute atomic E-state index is 10.8. The number of esters is 1. The van der Waals surface area contributed by atoms with Gasteiger partial charge in [-0.05, 0) is 0 Å². The number of aliphatic hydroxyl groups excluding tert-OH is 1. The van der Waals surface area contributed by atoms with Crippen LogP contribution in [0.2, 0.25) is 0 Å². The number of likely N-dealkylation sites (tertiary alicyclic amines) is 1. The van der Waals surface area contributed by atoms with E-state index in [0.29, 0.717) is 30.4 Å². The Morgan fingerprint density at radius 1 is 1.42 bits per heavy atom. The molecule has 0 aliphatic carbocycles. The summed E-state index contributed by atoms with van der Waals surface area (Å²) in [6.07, 6.45) is 0.191. The zero-order valence-electron chi connectivity index (χ0n) is 11.3. The number of rotatable bonds is 5. The molecule has 0 amide bonds. The smallest absolute Gasteiger partial charge is 0.302 e. The molecule has 0 radical (unpaired) electrons. The van der Waals surface area contributed by atoms with Gasteiger partial charge in [-0.3, -0.25) is 9.35 Å². The number of hydrogen-bond acceptors (Lipinski definition) is 5. The summed E-state index contributed by atoms with van der Waals surface area (Å²) in [6.45, 7) is 3.02. The highest BCUT2D eigenvalue weighted by Gasteiger charge is 2.34. The first-order chi connectivity index (χ1) is 8.60. The number of likely N-dealkylation sites (N-methyl/N-ethyl adjacent to an activating group) is 1. The molecular weight excluding hydrogens is 274 g/mol. The van der Waals surface area contributed by atoms with Gasteiger partial charge in [-0.15, -0.1) is 0 Å². The summed E-state index contributed by atoms with van der Waals surface area (Å²) in [4.78, 5) is 10.8. The summed E-state index contributed by atoms with van der Waals surface area (Å²) in [5.41, 5.74) is 0. The largest absolute Gasteiger partial charge is 0.462 e. The fourth-order valence-electron chi connectivity index (χ4n) is 2.51. The first kappa shape index (κ1) is 16.4. The molecule has 7 nitrogen and oxygen atoms in total. The van der Waals surface area contributed by atoms with E-state index in [0.717, 1.165) is 0 Å². The minimum Gasteiger partial charge on any atom is -0.462 e. The van der Waals surface area contributed by atoms with E-state index in [-0.39, 0.29) is 18.6 Å². The van der Waals surface area contributed by atoms with Gasteiger partial charge < -0.3 is 14.3 Å². The highest BCUT2D eigenvalue weighted by atomic mass is 32.2. The Morgan fingerprint density at radius 3 is 2.37 bits per heavy atom. The second-order valence-corrected chi connectivity index (χ2v) is 6.96. The summed E-state index contributed by atoms with van der Waals surface area (Å²) in [7, 11) is -2.24. The molecule has 0 aromatic heterocycles. The van der Waals surface area contributed by atoms with Crippen molar-refractivity contribution in [2.45, 2.75) is 32.0 Å². The van der Waals surface area contributed by atoms with E-state index in [9.17, 15) is 18.3 Å². The number of quaternary nitrogens is 1. The molecule has 0 bridgehead atoms. The molecule has 1 rings (SSSR count). The first-order valence-electron chi connectivity index (χ1n) is 6.24. The number of nitrogens with zero attached hydrogens (tertiary/aromatic N) is 1. The standard InChI is InChI=1S/C11H21NO6S/c1-9(13)18-11-3-5-12(2,6-4-11)7-10(14)8-19(15,16)17/h10-11,14H,3-8H2,1-2H3/p+1. The lowest BCUT2D eigenvalue weighted by molar-refractivity contribution is -0.917. The fraction of sp³-hybridized carbons (Fsp3) is 0.909. The summed E-state index contributed by atoms with van der Waals surface area (Å²) in [5.74, 6) is -0.943. The van der Waals surface area contributed by atoms with Gasteiger partial charge in [-0.2, -0.15) is 8.42 Å². The third-order valence-electron chi connectivity index (χ3n) is 3.37. The van der Waals surface area contributed by atoms with Gasteiger partial charge in [0.15, 0.2) is 0 Å². The molecule has 0 aromatic carbocycles. The van der Waals surface area contributed by atoms with Gasteiger partial charge in [0.05, 0.1) is 20.1 Å². The molecule has 1 unspecified atom stereocenters. The van der Waals surface area contributed by atoms with Crippen LogP contribution in [-0.4, -0.2) is 73.2 Å². The Balaban J connectivity index is 2.45. The number of aliphatic hydroxyl groups is 1. The van der Waals surface area contributed by atoms with Gasteiger partial charge in [0.25, 0.3) is 10.1 Å². The van der Waals surface area contributed by atoms with E-state index in [4.69, 9.17) is 9.29 Å². The van der Waals surface area contributed by atoms with Crippen molar-refractivity contribution >= 4 is 16.1 Å². The Kier molecular flexibility index (Phi) is 5.31. The van der Waals surface area contributed by atoms with E-state index < -0.39 is 22.0 Å². The lowest BCUT2D eigenvalue weighted by Gasteiger charge is -2.41. The lowest BCUT2D eigenvalue weighted by Crippen LogP contribution is -2.55. The van der Waals surface area contributed by atoms with Gasteiger partial charge in [-0.1, -0.05) is 0 Å². The molecule has 0 saturated carbocycles. The second kappa shape index (κ2) is 6.17. The van der Waals surface area contributed by atoms with Crippen molar-refractivity contribution in [1.29, 1.82) is 0 Å². The Morgan fingerprint density at radius 2 is 1.95 bits per heavy atom. The molecular formula is C11H22NO6S+. The van der Waals surface area contributed by atoms with E-state index in [1.165, 1.54) is 6.92 Å². The molecule has 2 N–H and O–H groups in total. The van der Waals surface area contributed by atoms with Crippen LogP contribution in [-0.2, 0) is 19.6 Å². The van der Waals surface area contributed by atoms with Crippen LogP contribution in [0.1, 0.15) is 19.8 Å². The summed E-state index contributed by atoms with van der Waals surface area (Å²) in [5, 5.41) is 9.67. The maximum atomic E-state index is 10.8. The average molecular weight is 296 g/mol. The van der Waals surface area contributed by atoms with Crippen molar-refractivity contribution in [2.24, 2.45) is 0 Å². The van der Waals surface area contributed by atoms with Crippen LogP contribution in [0.5, 0.6) is 0 Å². The number of hydrogen-bond donors (Lipinski definition) is 2. The van der Waals surface area contributed by atoms with Gasteiger partial charge in [0.1, 0.15) is 24.5 Å². The number of carbonyl (C=O) groups is 1. The molecule has 1 saturated heterocycles. The van der Waals surface area contributed by atoms with E-state index in [1.54, 1.807) is 0 Å².